The standard InChI is InChI=1S/C9H21NO4Si/c1-7(2)9(11)14-15(6-10)12-4-8(3)5-13-15/h7-9,11H,4-6,10H2,1-3H3. The Morgan fingerprint density at radius 1 is 1.47 bits per heavy atom. The summed E-state index contributed by atoms with van der Waals surface area (Å²) in [5.74, 6) is 0.365. The van der Waals surface area contributed by atoms with E-state index in [-0.39, 0.29) is 12.1 Å². The van der Waals surface area contributed by atoms with E-state index in [0.29, 0.717) is 19.1 Å². The molecule has 1 aliphatic heterocycles. The maximum absolute atomic E-state index is 9.64. The van der Waals surface area contributed by atoms with Gasteiger partial charge in [-0.2, -0.15) is 0 Å². The lowest BCUT2D eigenvalue weighted by molar-refractivity contribution is -0.117. The quantitative estimate of drug-likeness (QED) is 0.534. The van der Waals surface area contributed by atoms with E-state index in [1.54, 1.807) is 0 Å². The second-order valence-corrected chi connectivity index (χ2v) is 6.95. The fourth-order valence-corrected chi connectivity index (χ4v) is 3.45. The highest BCUT2D eigenvalue weighted by molar-refractivity contribution is 6.61. The summed E-state index contributed by atoms with van der Waals surface area (Å²) in [5.41, 5.74) is 5.61. The third-order valence-electron chi connectivity index (χ3n) is 2.30. The molecular weight excluding hydrogens is 214 g/mol. The minimum atomic E-state index is -2.80. The van der Waals surface area contributed by atoms with Gasteiger partial charge in [0, 0.05) is 25.0 Å². The second kappa shape index (κ2) is 5.38. The fourth-order valence-electron chi connectivity index (χ4n) is 1.18. The zero-order valence-corrected chi connectivity index (χ0v) is 10.6. The van der Waals surface area contributed by atoms with E-state index in [4.69, 9.17) is 19.0 Å². The average Bonchev–Trinajstić information content (AvgIpc) is 2.21. The molecule has 0 radical (unpaired) electrons. The Hall–Kier alpha value is 0.0169. The van der Waals surface area contributed by atoms with Gasteiger partial charge >= 0.3 is 8.80 Å². The number of hydrogen-bond donors (Lipinski definition) is 2. The summed E-state index contributed by atoms with van der Waals surface area (Å²) in [5, 5.41) is 9.64. The van der Waals surface area contributed by atoms with E-state index in [9.17, 15) is 5.11 Å². The van der Waals surface area contributed by atoms with Gasteiger partial charge in [-0.25, -0.2) is 0 Å². The zero-order chi connectivity index (χ0) is 11.5. The predicted octanol–water partition coefficient (Wildman–Crippen LogP) is 0.0971. The van der Waals surface area contributed by atoms with Crippen LogP contribution in [0.5, 0.6) is 0 Å². The normalized spacial score (nSPS) is 34.4. The average molecular weight is 235 g/mol. The van der Waals surface area contributed by atoms with Crippen LogP contribution in [0.25, 0.3) is 0 Å². The third kappa shape index (κ3) is 3.51. The van der Waals surface area contributed by atoms with Crippen molar-refractivity contribution in [3.05, 3.63) is 0 Å². The molecule has 1 fully saturated rings. The van der Waals surface area contributed by atoms with Gasteiger partial charge in [0.1, 0.15) is 0 Å². The molecule has 0 aromatic heterocycles. The van der Waals surface area contributed by atoms with Gasteiger partial charge in [0.05, 0.1) is 6.17 Å². The molecule has 5 nitrogen and oxygen atoms in total. The predicted molar refractivity (Wildman–Crippen MR) is 57.8 cm³/mol. The molecule has 1 aliphatic rings. The van der Waals surface area contributed by atoms with E-state index in [2.05, 4.69) is 0 Å². The molecule has 0 bridgehead atoms. The topological polar surface area (TPSA) is 73.9 Å². The Balaban J connectivity index is 2.53. The van der Waals surface area contributed by atoms with Crippen LogP contribution in [0.3, 0.4) is 0 Å². The molecule has 1 atom stereocenters. The highest BCUT2D eigenvalue weighted by Crippen LogP contribution is 2.20. The first kappa shape index (κ1) is 13.1. The SMILES string of the molecule is CC1CO[Si](CN)(OC(O)C(C)C)OC1. The lowest BCUT2D eigenvalue weighted by atomic mass is 10.2. The van der Waals surface area contributed by atoms with Gasteiger partial charge in [-0.1, -0.05) is 20.8 Å². The molecule has 0 aliphatic carbocycles. The van der Waals surface area contributed by atoms with Crippen molar-refractivity contribution in [3.8, 4) is 0 Å². The summed E-state index contributed by atoms with van der Waals surface area (Å²) in [6.45, 7) is 6.96. The Kier molecular flexibility index (Phi) is 4.69. The number of hydrogen-bond acceptors (Lipinski definition) is 5. The Labute approximate surface area is 91.9 Å². The van der Waals surface area contributed by atoms with Crippen molar-refractivity contribution in [2.45, 2.75) is 27.1 Å². The molecule has 3 N–H and O–H groups in total. The van der Waals surface area contributed by atoms with Crippen LogP contribution in [-0.2, 0) is 13.3 Å². The molecule has 90 valence electrons. The maximum atomic E-state index is 9.64. The number of aliphatic hydroxyl groups excluding tert-OH is 1. The van der Waals surface area contributed by atoms with Crippen LogP contribution in [0, 0.1) is 11.8 Å². The first-order chi connectivity index (χ1) is 6.99. The molecule has 0 aromatic rings. The summed E-state index contributed by atoms with van der Waals surface area (Å²) >= 11 is 0. The molecular formula is C9H21NO4Si. The summed E-state index contributed by atoms with van der Waals surface area (Å²) in [6.07, 6.45) is -0.655. The highest BCUT2D eigenvalue weighted by Gasteiger charge is 2.45. The first-order valence-electron chi connectivity index (χ1n) is 5.33. The van der Waals surface area contributed by atoms with E-state index >= 15 is 0 Å². The van der Waals surface area contributed by atoms with Gasteiger partial charge in [0.15, 0.2) is 6.29 Å². The molecule has 6 heteroatoms. The van der Waals surface area contributed by atoms with E-state index < -0.39 is 15.1 Å². The van der Waals surface area contributed by atoms with Crippen LogP contribution in [0.4, 0.5) is 0 Å². The minimum absolute atomic E-state index is 0.00692. The minimum Gasteiger partial charge on any atom is -0.372 e. The number of nitrogens with two attached hydrogens (primary N) is 1. The summed E-state index contributed by atoms with van der Waals surface area (Å²) < 4.78 is 16.6. The van der Waals surface area contributed by atoms with Crippen molar-refractivity contribution in [2.24, 2.45) is 17.6 Å². The smallest absolute Gasteiger partial charge is 0.372 e. The van der Waals surface area contributed by atoms with Crippen molar-refractivity contribution in [3.63, 3.8) is 0 Å². The van der Waals surface area contributed by atoms with Crippen molar-refractivity contribution >= 4 is 8.80 Å². The van der Waals surface area contributed by atoms with Gasteiger partial charge < -0.3 is 24.1 Å². The van der Waals surface area contributed by atoms with Crippen LogP contribution < -0.4 is 5.73 Å². The molecule has 15 heavy (non-hydrogen) atoms. The molecule has 1 rings (SSSR count). The van der Waals surface area contributed by atoms with Crippen LogP contribution in [0.2, 0.25) is 0 Å². The molecule has 0 spiro atoms. The summed E-state index contributed by atoms with van der Waals surface area (Å²) in [7, 11) is -2.80. The fraction of sp³-hybridized carbons (Fsp3) is 1.00. The van der Waals surface area contributed by atoms with Crippen LogP contribution in [0.15, 0.2) is 0 Å². The molecule has 0 saturated carbocycles. The number of aliphatic hydroxyl groups is 1. The largest absolute Gasteiger partial charge is 0.517 e. The number of rotatable bonds is 4. The Bertz CT molecular complexity index is 195. The van der Waals surface area contributed by atoms with Crippen LogP contribution in [0.1, 0.15) is 20.8 Å². The van der Waals surface area contributed by atoms with Crippen LogP contribution in [-0.4, -0.2) is 39.6 Å². The van der Waals surface area contributed by atoms with E-state index in [1.807, 2.05) is 20.8 Å². The van der Waals surface area contributed by atoms with Crippen LogP contribution >= 0.6 is 0 Å². The first-order valence-corrected chi connectivity index (χ1v) is 7.26. The van der Waals surface area contributed by atoms with Gasteiger partial charge in [-0.05, 0) is 0 Å². The summed E-state index contributed by atoms with van der Waals surface area (Å²) in [4.78, 5) is 0. The molecule has 1 heterocycles. The van der Waals surface area contributed by atoms with Gasteiger partial charge in [0.25, 0.3) is 0 Å². The zero-order valence-electron chi connectivity index (χ0n) is 9.60. The summed E-state index contributed by atoms with van der Waals surface area (Å²) in [6, 6.07) is 0. The van der Waals surface area contributed by atoms with Crippen molar-refractivity contribution in [1.82, 2.24) is 0 Å². The van der Waals surface area contributed by atoms with Crippen molar-refractivity contribution in [1.29, 1.82) is 0 Å². The van der Waals surface area contributed by atoms with E-state index in [1.165, 1.54) is 0 Å². The highest BCUT2D eigenvalue weighted by atomic mass is 28.4. The monoisotopic (exact) mass is 235 g/mol. The van der Waals surface area contributed by atoms with Crippen molar-refractivity contribution in [2.75, 3.05) is 19.4 Å². The Morgan fingerprint density at radius 3 is 2.40 bits per heavy atom. The molecule has 0 amide bonds. The van der Waals surface area contributed by atoms with E-state index in [0.717, 1.165) is 0 Å². The molecule has 1 saturated heterocycles. The molecule has 0 aromatic carbocycles. The molecule has 1 unspecified atom stereocenters. The lowest BCUT2D eigenvalue weighted by Gasteiger charge is -2.36. The van der Waals surface area contributed by atoms with Gasteiger partial charge in [-0.3, -0.25) is 0 Å². The Morgan fingerprint density at radius 2 is 2.00 bits per heavy atom. The van der Waals surface area contributed by atoms with Gasteiger partial charge in [0.2, 0.25) is 0 Å². The van der Waals surface area contributed by atoms with Gasteiger partial charge in [-0.15, -0.1) is 0 Å². The van der Waals surface area contributed by atoms with Crippen molar-refractivity contribution < 1.29 is 18.4 Å². The lowest BCUT2D eigenvalue weighted by Crippen LogP contribution is -2.59. The second-order valence-electron chi connectivity index (χ2n) is 4.37. The maximum Gasteiger partial charge on any atom is 0.517 e. The third-order valence-corrected chi connectivity index (χ3v) is 4.61.